The summed E-state index contributed by atoms with van der Waals surface area (Å²) in [5, 5.41) is 3.22. The first-order valence-electron chi connectivity index (χ1n) is 7.30. The summed E-state index contributed by atoms with van der Waals surface area (Å²) in [5.74, 6) is 0.660. The van der Waals surface area contributed by atoms with Crippen LogP contribution in [0.1, 0.15) is 37.8 Å². The third kappa shape index (κ3) is 3.30. The highest BCUT2D eigenvalue weighted by atomic mass is 19.1. The molecule has 1 aliphatic rings. The van der Waals surface area contributed by atoms with E-state index in [1.807, 2.05) is 26.1 Å². The lowest BCUT2D eigenvalue weighted by Gasteiger charge is -2.37. The first-order valence-corrected chi connectivity index (χ1v) is 7.30. The van der Waals surface area contributed by atoms with Gasteiger partial charge in [-0.2, -0.15) is 0 Å². The highest BCUT2D eigenvalue weighted by Crippen LogP contribution is 2.38. The van der Waals surface area contributed by atoms with Crippen LogP contribution in [0.15, 0.2) is 18.2 Å². The molecule has 1 aliphatic carbocycles. The molecule has 1 saturated carbocycles. The first-order chi connectivity index (χ1) is 9.69. The molecule has 0 radical (unpaired) electrons. The molecule has 2 rings (SSSR count). The Bertz CT molecular complexity index is 432. The van der Waals surface area contributed by atoms with E-state index in [4.69, 9.17) is 9.47 Å². The lowest BCUT2D eigenvalue weighted by Crippen LogP contribution is -2.34. The lowest BCUT2D eigenvalue weighted by atomic mass is 9.77. The van der Waals surface area contributed by atoms with Gasteiger partial charge in [-0.25, -0.2) is 4.39 Å². The van der Waals surface area contributed by atoms with Crippen LogP contribution in [-0.2, 0) is 4.74 Å². The Morgan fingerprint density at radius 2 is 2.15 bits per heavy atom. The van der Waals surface area contributed by atoms with Crippen LogP contribution in [0.2, 0.25) is 0 Å². The number of benzene rings is 1. The Morgan fingerprint density at radius 1 is 1.40 bits per heavy atom. The second kappa shape index (κ2) is 7.04. The number of halogens is 1. The van der Waals surface area contributed by atoms with Gasteiger partial charge in [-0.1, -0.05) is 12.1 Å². The summed E-state index contributed by atoms with van der Waals surface area (Å²) >= 11 is 0. The van der Waals surface area contributed by atoms with E-state index < -0.39 is 0 Å². The molecule has 1 N–H and O–H groups in total. The number of hydrogen-bond donors (Lipinski definition) is 1. The molecule has 1 unspecified atom stereocenters. The Labute approximate surface area is 120 Å². The molecule has 1 aromatic rings. The number of hydrogen-bond acceptors (Lipinski definition) is 3. The number of methoxy groups -OCH3 is 1. The zero-order chi connectivity index (χ0) is 14.5. The van der Waals surface area contributed by atoms with Crippen molar-refractivity contribution in [1.29, 1.82) is 0 Å². The molecule has 1 fully saturated rings. The molecule has 0 amide bonds. The van der Waals surface area contributed by atoms with E-state index in [0.717, 1.165) is 25.9 Å². The predicted molar refractivity (Wildman–Crippen MR) is 77.5 cm³/mol. The largest absolute Gasteiger partial charge is 0.494 e. The van der Waals surface area contributed by atoms with Crippen LogP contribution in [0.25, 0.3) is 0 Å². The van der Waals surface area contributed by atoms with Crippen molar-refractivity contribution in [3.63, 3.8) is 0 Å². The second-order valence-corrected chi connectivity index (χ2v) is 5.36. The van der Waals surface area contributed by atoms with Crippen molar-refractivity contribution in [2.24, 2.45) is 5.92 Å². The number of nitrogens with one attached hydrogen (secondary N) is 1. The quantitative estimate of drug-likeness (QED) is 0.832. The molecule has 112 valence electrons. The van der Waals surface area contributed by atoms with Crippen molar-refractivity contribution in [2.45, 2.75) is 38.3 Å². The number of rotatable bonds is 7. The van der Waals surface area contributed by atoms with E-state index in [9.17, 15) is 4.39 Å². The zero-order valence-electron chi connectivity index (χ0n) is 12.5. The van der Waals surface area contributed by atoms with Crippen LogP contribution in [0, 0.1) is 11.7 Å². The predicted octanol–water partition coefficient (Wildman–Crippen LogP) is 3.30. The normalized spacial score (nSPS) is 23.2. The number of ether oxygens (including phenoxy) is 2. The maximum atomic E-state index is 14.3. The van der Waals surface area contributed by atoms with E-state index in [2.05, 4.69) is 5.32 Å². The minimum absolute atomic E-state index is 0.0256. The van der Waals surface area contributed by atoms with Gasteiger partial charge in [0.15, 0.2) is 11.6 Å². The van der Waals surface area contributed by atoms with Crippen LogP contribution < -0.4 is 10.1 Å². The summed E-state index contributed by atoms with van der Waals surface area (Å²) in [4.78, 5) is 0. The van der Waals surface area contributed by atoms with E-state index >= 15 is 0 Å². The summed E-state index contributed by atoms with van der Waals surface area (Å²) in [6, 6.07) is 5.35. The summed E-state index contributed by atoms with van der Waals surface area (Å²) in [6.45, 7) is 2.80. The average Bonchev–Trinajstić information content (AvgIpc) is 2.42. The minimum Gasteiger partial charge on any atom is -0.494 e. The standard InChI is InChI=1S/C16H24FNO2/c1-4-20-12-8-11(9-12)10-14(18-2)13-6-5-7-15(19-3)16(13)17/h5-7,11-12,14,18H,4,8-10H2,1-3H3. The van der Waals surface area contributed by atoms with Crippen molar-refractivity contribution in [3.05, 3.63) is 29.6 Å². The van der Waals surface area contributed by atoms with Gasteiger partial charge >= 0.3 is 0 Å². The highest BCUT2D eigenvalue weighted by molar-refractivity contribution is 5.33. The van der Waals surface area contributed by atoms with Gasteiger partial charge < -0.3 is 14.8 Å². The molecule has 0 bridgehead atoms. The molecule has 4 heteroatoms. The Morgan fingerprint density at radius 3 is 2.75 bits per heavy atom. The molecular formula is C16H24FNO2. The van der Waals surface area contributed by atoms with Gasteiger partial charge in [-0.15, -0.1) is 0 Å². The summed E-state index contributed by atoms with van der Waals surface area (Å²) in [5.41, 5.74) is 0.687. The first kappa shape index (κ1) is 15.3. The van der Waals surface area contributed by atoms with Crippen molar-refractivity contribution in [3.8, 4) is 5.75 Å². The summed E-state index contributed by atoms with van der Waals surface area (Å²) in [6.07, 6.45) is 3.50. The maximum Gasteiger partial charge on any atom is 0.169 e. The molecule has 0 heterocycles. The molecule has 20 heavy (non-hydrogen) atoms. The summed E-state index contributed by atoms with van der Waals surface area (Å²) in [7, 11) is 3.37. The monoisotopic (exact) mass is 281 g/mol. The van der Waals surface area contributed by atoms with Crippen molar-refractivity contribution in [2.75, 3.05) is 20.8 Å². The van der Waals surface area contributed by atoms with Crippen molar-refractivity contribution >= 4 is 0 Å². The zero-order valence-corrected chi connectivity index (χ0v) is 12.5. The molecule has 1 atom stereocenters. The molecule has 0 saturated heterocycles. The second-order valence-electron chi connectivity index (χ2n) is 5.36. The highest BCUT2D eigenvalue weighted by Gasteiger charge is 2.32. The SMILES string of the molecule is CCOC1CC(CC(NC)c2cccc(OC)c2F)C1. The van der Waals surface area contributed by atoms with Gasteiger partial charge in [0.1, 0.15) is 0 Å². The minimum atomic E-state index is -0.255. The van der Waals surface area contributed by atoms with Crippen LogP contribution in [0.5, 0.6) is 5.75 Å². The van der Waals surface area contributed by atoms with Crippen molar-refractivity contribution in [1.82, 2.24) is 5.32 Å². The van der Waals surface area contributed by atoms with E-state index in [0.29, 0.717) is 23.3 Å². The van der Waals surface area contributed by atoms with Crippen LogP contribution >= 0.6 is 0 Å². The van der Waals surface area contributed by atoms with Gasteiger partial charge in [-0.05, 0) is 45.2 Å². The third-order valence-electron chi connectivity index (χ3n) is 4.10. The molecule has 0 aromatic heterocycles. The maximum absolute atomic E-state index is 14.3. The fourth-order valence-electron chi connectivity index (χ4n) is 2.93. The molecule has 3 nitrogen and oxygen atoms in total. The van der Waals surface area contributed by atoms with Gasteiger partial charge in [0.05, 0.1) is 13.2 Å². The summed E-state index contributed by atoms with van der Waals surface area (Å²) < 4.78 is 24.9. The van der Waals surface area contributed by atoms with E-state index in [1.165, 1.54) is 7.11 Å². The molecular weight excluding hydrogens is 257 g/mol. The Hall–Kier alpha value is -1.13. The fourth-order valence-corrected chi connectivity index (χ4v) is 2.93. The third-order valence-corrected chi connectivity index (χ3v) is 4.10. The average molecular weight is 281 g/mol. The van der Waals surface area contributed by atoms with E-state index in [-0.39, 0.29) is 11.9 Å². The van der Waals surface area contributed by atoms with Crippen LogP contribution in [0.3, 0.4) is 0 Å². The van der Waals surface area contributed by atoms with Gasteiger partial charge in [0.2, 0.25) is 0 Å². The van der Waals surface area contributed by atoms with Crippen molar-refractivity contribution < 1.29 is 13.9 Å². The smallest absolute Gasteiger partial charge is 0.169 e. The van der Waals surface area contributed by atoms with Gasteiger partial charge in [-0.3, -0.25) is 0 Å². The van der Waals surface area contributed by atoms with Crippen LogP contribution in [-0.4, -0.2) is 26.9 Å². The van der Waals surface area contributed by atoms with E-state index in [1.54, 1.807) is 6.07 Å². The molecule has 1 aromatic carbocycles. The molecule has 0 spiro atoms. The Balaban J connectivity index is 1.99. The van der Waals surface area contributed by atoms with Gasteiger partial charge in [0.25, 0.3) is 0 Å². The van der Waals surface area contributed by atoms with Gasteiger partial charge in [0, 0.05) is 18.2 Å². The lowest BCUT2D eigenvalue weighted by molar-refractivity contribution is -0.0290. The Kier molecular flexibility index (Phi) is 5.38. The van der Waals surface area contributed by atoms with Crippen LogP contribution in [0.4, 0.5) is 4.39 Å². The molecule has 0 aliphatic heterocycles. The fraction of sp³-hybridized carbons (Fsp3) is 0.625. The topological polar surface area (TPSA) is 30.5 Å².